The summed E-state index contributed by atoms with van der Waals surface area (Å²) in [6.45, 7) is 3.49. The second kappa shape index (κ2) is 9.92. The van der Waals surface area contributed by atoms with Crippen molar-refractivity contribution in [1.82, 2.24) is 4.90 Å². The van der Waals surface area contributed by atoms with Crippen molar-refractivity contribution in [3.8, 4) is 0 Å². The van der Waals surface area contributed by atoms with Crippen LogP contribution in [0.3, 0.4) is 0 Å². The van der Waals surface area contributed by atoms with Gasteiger partial charge >= 0.3 is 0 Å². The van der Waals surface area contributed by atoms with E-state index in [1.807, 2.05) is 35.2 Å². The topological polar surface area (TPSA) is 62.2 Å². The minimum atomic E-state index is -0.559. The molecule has 1 saturated heterocycles. The van der Waals surface area contributed by atoms with Crippen molar-refractivity contribution in [2.45, 2.75) is 31.6 Å². The van der Waals surface area contributed by atoms with Crippen LogP contribution < -0.4 is 0 Å². The molecule has 2 atom stereocenters. The third kappa shape index (κ3) is 6.42. The molecule has 1 aliphatic heterocycles. The number of rotatable bonds is 10. The van der Waals surface area contributed by atoms with Gasteiger partial charge in [0.1, 0.15) is 0 Å². The van der Waals surface area contributed by atoms with Gasteiger partial charge in [-0.25, -0.2) is 0 Å². The summed E-state index contributed by atoms with van der Waals surface area (Å²) in [5, 5.41) is 19.3. The van der Waals surface area contributed by atoms with Crippen LogP contribution in [0.4, 0.5) is 0 Å². The second-order valence-corrected chi connectivity index (χ2v) is 5.77. The molecule has 1 fully saturated rings. The monoisotopic (exact) mass is 309 g/mol. The Balaban J connectivity index is 1.69. The summed E-state index contributed by atoms with van der Waals surface area (Å²) in [4.78, 5) is 2.04. The lowest BCUT2D eigenvalue weighted by Crippen LogP contribution is -2.36. The van der Waals surface area contributed by atoms with Crippen LogP contribution in [0.1, 0.15) is 18.4 Å². The van der Waals surface area contributed by atoms with Gasteiger partial charge in [-0.3, -0.25) is 4.90 Å². The molecule has 2 N–H and O–H groups in total. The Hall–Kier alpha value is -0.980. The maximum Gasteiger partial charge on any atom is 0.0900 e. The van der Waals surface area contributed by atoms with Crippen molar-refractivity contribution in [2.75, 3.05) is 39.5 Å². The molecule has 1 heterocycles. The van der Waals surface area contributed by atoms with Gasteiger partial charge in [0.2, 0.25) is 0 Å². The van der Waals surface area contributed by atoms with Gasteiger partial charge in [0.25, 0.3) is 0 Å². The lowest BCUT2D eigenvalue weighted by molar-refractivity contribution is -0.0267. The number of hydrogen-bond donors (Lipinski definition) is 2. The van der Waals surface area contributed by atoms with Crippen molar-refractivity contribution in [3.63, 3.8) is 0 Å². The third-order valence-corrected chi connectivity index (χ3v) is 3.77. The van der Waals surface area contributed by atoms with E-state index >= 15 is 0 Å². The summed E-state index contributed by atoms with van der Waals surface area (Å²) in [5.41, 5.74) is 1.17. The van der Waals surface area contributed by atoms with Crippen molar-refractivity contribution < 1.29 is 19.7 Å². The molecule has 0 amide bonds. The number of ether oxygens (including phenoxy) is 2. The van der Waals surface area contributed by atoms with Crippen LogP contribution in [-0.4, -0.2) is 66.8 Å². The molecule has 5 heteroatoms. The molecule has 0 bridgehead atoms. The first kappa shape index (κ1) is 17.4. The Morgan fingerprint density at radius 2 is 2.14 bits per heavy atom. The fourth-order valence-corrected chi connectivity index (χ4v) is 2.68. The standard InChI is InChI=1S/C17H27NO4/c19-9-8-18(11-15-5-2-1-3-6-15)12-16(20)13-21-14-17-7-4-10-22-17/h1-3,5-6,16-17,19-20H,4,7-14H2/t16-,17+/m1/s1. The second-order valence-electron chi connectivity index (χ2n) is 5.77. The number of hydrogen-bond acceptors (Lipinski definition) is 5. The minimum Gasteiger partial charge on any atom is -0.395 e. The normalized spacial score (nSPS) is 19.7. The van der Waals surface area contributed by atoms with E-state index in [2.05, 4.69) is 0 Å². The van der Waals surface area contributed by atoms with Gasteiger partial charge < -0.3 is 19.7 Å². The highest BCUT2D eigenvalue weighted by molar-refractivity contribution is 5.14. The van der Waals surface area contributed by atoms with Gasteiger partial charge in [-0.2, -0.15) is 0 Å². The Bertz CT molecular complexity index is 395. The van der Waals surface area contributed by atoms with Crippen molar-refractivity contribution in [1.29, 1.82) is 0 Å². The predicted molar refractivity (Wildman–Crippen MR) is 84.6 cm³/mol. The Kier molecular flexibility index (Phi) is 7.83. The summed E-state index contributed by atoms with van der Waals surface area (Å²) in [5.74, 6) is 0. The average molecular weight is 309 g/mol. The van der Waals surface area contributed by atoms with Crippen molar-refractivity contribution in [3.05, 3.63) is 35.9 Å². The Morgan fingerprint density at radius 1 is 1.32 bits per heavy atom. The fraction of sp³-hybridized carbons (Fsp3) is 0.647. The molecule has 0 saturated carbocycles. The van der Waals surface area contributed by atoms with Crippen LogP contribution in [0.2, 0.25) is 0 Å². The molecule has 124 valence electrons. The van der Waals surface area contributed by atoms with Gasteiger partial charge in [-0.15, -0.1) is 0 Å². The van der Waals surface area contributed by atoms with E-state index in [0.29, 0.717) is 32.8 Å². The van der Waals surface area contributed by atoms with E-state index in [4.69, 9.17) is 9.47 Å². The minimum absolute atomic E-state index is 0.0797. The summed E-state index contributed by atoms with van der Waals surface area (Å²) in [7, 11) is 0. The van der Waals surface area contributed by atoms with E-state index in [9.17, 15) is 10.2 Å². The Morgan fingerprint density at radius 3 is 2.82 bits per heavy atom. The average Bonchev–Trinajstić information content (AvgIpc) is 3.02. The number of aliphatic hydroxyl groups is 2. The van der Waals surface area contributed by atoms with E-state index in [-0.39, 0.29) is 12.7 Å². The zero-order valence-electron chi connectivity index (χ0n) is 13.1. The molecule has 0 aromatic heterocycles. The largest absolute Gasteiger partial charge is 0.395 e. The fourth-order valence-electron chi connectivity index (χ4n) is 2.68. The first-order chi connectivity index (χ1) is 10.8. The molecule has 1 aromatic carbocycles. The zero-order chi connectivity index (χ0) is 15.6. The first-order valence-corrected chi connectivity index (χ1v) is 8.02. The third-order valence-electron chi connectivity index (χ3n) is 3.77. The van der Waals surface area contributed by atoms with Crippen LogP contribution in [0, 0.1) is 0 Å². The van der Waals surface area contributed by atoms with Crippen LogP contribution in [0.5, 0.6) is 0 Å². The first-order valence-electron chi connectivity index (χ1n) is 8.02. The highest BCUT2D eigenvalue weighted by Crippen LogP contribution is 2.12. The zero-order valence-corrected chi connectivity index (χ0v) is 13.1. The van der Waals surface area contributed by atoms with E-state index in [0.717, 1.165) is 19.4 Å². The number of benzene rings is 1. The molecular formula is C17H27NO4. The summed E-state index contributed by atoms with van der Waals surface area (Å²) in [6, 6.07) is 10.1. The van der Waals surface area contributed by atoms with Crippen LogP contribution in [-0.2, 0) is 16.0 Å². The van der Waals surface area contributed by atoms with E-state index < -0.39 is 6.10 Å². The summed E-state index contributed by atoms with van der Waals surface area (Å²) < 4.78 is 11.0. The lowest BCUT2D eigenvalue weighted by Gasteiger charge is -2.24. The van der Waals surface area contributed by atoms with Gasteiger partial charge in [-0.1, -0.05) is 30.3 Å². The molecular weight excluding hydrogens is 282 g/mol. The highest BCUT2D eigenvalue weighted by Gasteiger charge is 2.17. The molecule has 5 nitrogen and oxygen atoms in total. The number of aliphatic hydroxyl groups excluding tert-OH is 2. The molecule has 0 spiro atoms. The van der Waals surface area contributed by atoms with Gasteiger partial charge in [0, 0.05) is 26.2 Å². The van der Waals surface area contributed by atoms with Gasteiger partial charge in [0.15, 0.2) is 0 Å². The van der Waals surface area contributed by atoms with Gasteiger partial charge in [0.05, 0.1) is 32.0 Å². The van der Waals surface area contributed by atoms with Crippen LogP contribution in [0.25, 0.3) is 0 Å². The van der Waals surface area contributed by atoms with Gasteiger partial charge in [-0.05, 0) is 18.4 Å². The molecule has 0 radical (unpaired) electrons. The molecule has 0 aliphatic carbocycles. The van der Waals surface area contributed by atoms with Crippen LogP contribution in [0.15, 0.2) is 30.3 Å². The maximum atomic E-state index is 10.1. The molecule has 1 aliphatic rings. The smallest absolute Gasteiger partial charge is 0.0900 e. The molecule has 2 rings (SSSR count). The quantitative estimate of drug-likeness (QED) is 0.676. The summed E-state index contributed by atoms with van der Waals surface area (Å²) >= 11 is 0. The summed E-state index contributed by atoms with van der Waals surface area (Å²) in [6.07, 6.45) is 1.76. The predicted octanol–water partition coefficient (Wildman–Crippen LogP) is 1.04. The molecule has 22 heavy (non-hydrogen) atoms. The lowest BCUT2D eigenvalue weighted by atomic mass is 10.2. The maximum absolute atomic E-state index is 10.1. The molecule has 1 aromatic rings. The highest BCUT2D eigenvalue weighted by atomic mass is 16.5. The van der Waals surface area contributed by atoms with E-state index in [1.54, 1.807) is 0 Å². The molecule has 0 unspecified atom stereocenters. The Labute approximate surface area is 132 Å². The van der Waals surface area contributed by atoms with Crippen molar-refractivity contribution >= 4 is 0 Å². The number of nitrogens with zero attached hydrogens (tertiary/aromatic N) is 1. The SMILES string of the molecule is OCCN(Cc1ccccc1)C[C@@H](O)COC[C@@H]1CCCO1. The van der Waals surface area contributed by atoms with Crippen LogP contribution >= 0.6 is 0 Å². The van der Waals surface area contributed by atoms with E-state index in [1.165, 1.54) is 5.56 Å². The van der Waals surface area contributed by atoms with Crippen molar-refractivity contribution in [2.24, 2.45) is 0 Å².